The first-order chi connectivity index (χ1) is 9.62. The molecule has 0 aromatic heterocycles. The molecule has 0 bridgehead atoms. The lowest BCUT2D eigenvalue weighted by Gasteiger charge is -2.25. The average molecular weight is 298 g/mol. The molecule has 0 aliphatic heterocycles. The molecule has 0 spiro atoms. The summed E-state index contributed by atoms with van der Waals surface area (Å²) in [6.45, 7) is 1.66. The van der Waals surface area contributed by atoms with Crippen molar-refractivity contribution in [1.82, 2.24) is 4.72 Å². The highest BCUT2D eigenvalue weighted by molar-refractivity contribution is 7.89. The molecular formula is C14H22N2O3S. The molecule has 112 valence electrons. The Hall–Kier alpha value is -1.11. The largest absolute Gasteiger partial charge is 0.494 e. The van der Waals surface area contributed by atoms with E-state index >= 15 is 0 Å². The van der Waals surface area contributed by atoms with Gasteiger partial charge in [-0.1, -0.05) is 6.42 Å². The first-order valence-corrected chi connectivity index (χ1v) is 8.53. The predicted octanol–water partition coefficient (Wildman–Crippen LogP) is 1.49. The number of ether oxygens (including phenoxy) is 1. The van der Waals surface area contributed by atoms with E-state index in [0.717, 1.165) is 19.3 Å². The maximum Gasteiger partial charge on any atom is 0.240 e. The van der Waals surface area contributed by atoms with Crippen LogP contribution in [0, 0.1) is 5.92 Å². The normalized spacial score (nSPS) is 15.8. The number of benzene rings is 1. The maximum atomic E-state index is 12.1. The number of nitrogens with two attached hydrogens (primary N) is 1. The summed E-state index contributed by atoms with van der Waals surface area (Å²) in [5.74, 6) is 1.17. The summed E-state index contributed by atoms with van der Waals surface area (Å²) < 4.78 is 32.3. The summed E-state index contributed by atoms with van der Waals surface area (Å²) in [6, 6.07) is 6.49. The van der Waals surface area contributed by atoms with E-state index in [0.29, 0.717) is 31.4 Å². The van der Waals surface area contributed by atoms with Crippen LogP contribution < -0.4 is 15.2 Å². The zero-order chi connectivity index (χ0) is 14.4. The van der Waals surface area contributed by atoms with Crippen molar-refractivity contribution < 1.29 is 13.2 Å². The summed E-state index contributed by atoms with van der Waals surface area (Å²) in [6.07, 6.45) is 4.23. The molecule has 0 saturated heterocycles. The van der Waals surface area contributed by atoms with Crippen LogP contribution in [0.2, 0.25) is 0 Å². The van der Waals surface area contributed by atoms with E-state index in [-0.39, 0.29) is 4.90 Å². The van der Waals surface area contributed by atoms with Gasteiger partial charge in [0.2, 0.25) is 10.0 Å². The maximum absolute atomic E-state index is 12.1. The van der Waals surface area contributed by atoms with Crippen molar-refractivity contribution in [2.75, 3.05) is 19.7 Å². The van der Waals surface area contributed by atoms with Crippen molar-refractivity contribution >= 4 is 10.0 Å². The quantitative estimate of drug-likeness (QED) is 0.713. The van der Waals surface area contributed by atoms with Gasteiger partial charge in [0.05, 0.1) is 11.5 Å². The van der Waals surface area contributed by atoms with E-state index in [1.807, 2.05) is 0 Å². The van der Waals surface area contributed by atoms with E-state index in [1.54, 1.807) is 24.3 Å². The third-order valence-electron chi connectivity index (χ3n) is 3.54. The minimum Gasteiger partial charge on any atom is -0.494 e. The molecule has 1 saturated carbocycles. The zero-order valence-corrected chi connectivity index (χ0v) is 12.4. The molecule has 1 aliphatic carbocycles. The molecule has 0 radical (unpaired) electrons. The van der Waals surface area contributed by atoms with Crippen molar-refractivity contribution in [1.29, 1.82) is 0 Å². The molecule has 6 heteroatoms. The van der Waals surface area contributed by atoms with Crippen molar-refractivity contribution in [2.45, 2.75) is 30.6 Å². The molecule has 1 aromatic rings. The van der Waals surface area contributed by atoms with Gasteiger partial charge in [-0.05, 0) is 56.0 Å². The van der Waals surface area contributed by atoms with E-state index < -0.39 is 10.0 Å². The van der Waals surface area contributed by atoms with Crippen LogP contribution in [0.25, 0.3) is 0 Å². The van der Waals surface area contributed by atoms with Gasteiger partial charge in [0.15, 0.2) is 0 Å². The highest BCUT2D eigenvalue weighted by Crippen LogP contribution is 2.26. The first-order valence-electron chi connectivity index (χ1n) is 7.04. The third-order valence-corrected chi connectivity index (χ3v) is 4.98. The summed E-state index contributed by atoms with van der Waals surface area (Å²) in [4.78, 5) is 0.281. The molecule has 0 atom stereocenters. The molecule has 0 heterocycles. The highest BCUT2D eigenvalue weighted by atomic mass is 32.2. The second-order valence-electron chi connectivity index (χ2n) is 5.11. The minimum atomic E-state index is -3.40. The Morgan fingerprint density at radius 1 is 1.25 bits per heavy atom. The van der Waals surface area contributed by atoms with Crippen LogP contribution in [0.15, 0.2) is 29.2 Å². The average Bonchev–Trinajstić information content (AvgIpc) is 2.38. The Bertz CT molecular complexity index is 510. The second kappa shape index (κ2) is 7.06. The number of nitrogens with one attached hydrogen (secondary N) is 1. The minimum absolute atomic E-state index is 0.281. The number of sulfonamides is 1. The first kappa shape index (κ1) is 15.3. The van der Waals surface area contributed by atoms with Crippen LogP contribution in [0.1, 0.15) is 25.7 Å². The van der Waals surface area contributed by atoms with Crippen molar-refractivity contribution in [3.05, 3.63) is 24.3 Å². The Kier molecular flexibility index (Phi) is 5.39. The number of hydrogen-bond donors (Lipinski definition) is 2. The molecule has 1 aromatic carbocycles. The predicted molar refractivity (Wildman–Crippen MR) is 78.1 cm³/mol. The van der Waals surface area contributed by atoms with Gasteiger partial charge in [-0.15, -0.1) is 0 Å². The smallest absolute Gasteiger partial charge is 0.240 e. The van der Waals surface area contributed by atoms with Crippen molar-refractivity contribution in [3.63, 3.8) is 0 Å². The summed E-state index contributed by atoms with van der Waals surface area (Å²) >= 11 is 0. The SMILES string of the molecule is NCCCOc1ccc(S(=O)(=O)NCC2CCC2)cc1. The molecule has 20 heavy (non-hydrogen) atoms. The van der Waals surface area contributed by atoms with Gasteiger partial charge in [0.1, 0.15) is 5.75 Å². The molecule has 3 N–H and O–H groups in total. The standard InChI is InChI=1S/C14H22N2O3S/c15-9-2-10-19-13-5-7-14(8-6-13)20(17,18)16-11-12-3-1-4-12/h5-8,12,16H,1-4,9-11,15H2. The van der Waals surface area contributed by atoms with Gasteiger partial charge in [0.25, 0.3) is 0 Å². The van der Waals surface area contributed by atoms with E-state index in [1.165, 1.54) is 6.42 Å². The Morgan fingerprint density at radius 3 is 2.50 bits per heavy atom. The van der Waals surface area contributed by atoms with Gasteiger partial charge >= 0.3 is 0 Å². The van der Waals surface area contributed by atoms with Crippen LogP contribution in [-0.2, 0) is 10.0 Å². The topological polar surface area (TPSA) is 81.4 Å². The van der Waals surface area contributed by atoms with Crippen LogP contribution in [0.4, 0.5) is 0 Å². The fourth-order valence-electron chi connectivity index (χ4n) is 2.00. The highest BCUT2D eigenvalue weighted by Gasteiger charge is 2.21. The Morgan fingerprint density at radius 2 is 1.95 bits per heavy atom. The lowest BCUT2D eigenvalue weighted by Crippen LogP contribution is -2.32. The molecule has 1 fully saturated rings. The number of hydrogen-bond acceptors (Lipinski definition) is 4. The molecule has 1 aliphatic rings. The molecule has 0 unspecified atom stereocenters. The fourth-order valence-corrected chi connectivity index (χ4v) is 3.11. The van der Waals surface area contributed by atoms with Gasteiger partial charge in [0, 0.05) is 6.54 Å². The van der Waals surface area contributed by atoms with Gasteiger partial charge in [-0.3, -0.25) is 0 Å². The van der Waals surface area contributed by atoms with Crippen molar-refractivity contribution in [3.8, 4) is 5.75 Å². The van der Waals surface area contributed by atoms with E-state index in [4.69, 9.17) is 10.5 Å². The van der Waals surface area contributed by atoms with E-state index in [9.17, 15) is 8.42 Å². The molecule has 5 nitrogen and oxygen atoms in total. The van der Waals surface area contributed by atoms with Crippen molar-refractivity contribution in [2.24, 2.45) is 11.7 Å². The zero-order valence-electron chi connectivity index (χ0n) is 11.5. The molecule has 0 amide bonds. The third kappa shape index (κ3) is 4.19. The van der Waals surface area contributed by atoms with Crippen LogP contribution >= 0.6 is 0 Å². The summed E-state index contributed by atoms with van der Waals surface area (Å²) in [5.41, 5.74) is 5.38. The monoisotopic (exact) mass is 298 g/mol. The lowest BCUT2D eigenvalue weighted by molar-refractivity contribution is 0.313. The van der Waals surface area contributed by atoms with Gasteiger partial charge in [-0.2, -0.15) is 0 Å². The van der Waals surface area contributed by atoms with Crippen LogP contribution in [0.3, 0.4) is 0 Å². The fraction of sp³-hybridized carbons (Fsp3) is 0.571. The second-order valence-corrected chi connectivity index (χ2v) is 6.88. The Labute approximate surface area is 120 Å². The molecule has 2 rings (SSSR count). The lowest BCUT2D eigenvalue weighted by atomic mass is 9.86. The van der Waals surface area contributed by atoms with Crippen LogP contribution in [-0.4, -0.2) is 28.1 Å². The van der Waals surface area contributed by atoms with E-state index in [2.05, 4.69) is 4.72 Å². The Balaban J connectivity index is 1.89. The number of rotatable bonds is 8. The molecular weight excluding hydrogens is 276 g/mol. The van der Waals surface area contributed by atoms with Crippen LogP contribution in [0.5, 0.6) is 5.75 Å². The summed E-state index contributed by atoms with van der Waals surface area (Å²) in [7, 11) is -3.40. The van der Waals surface area contributed by atoms with Gasteiger partial charge < -0.3 is 10.5 Å². The summed E-state index contributed by atoms with van der Waals surface area (Å²) in [5, 5.41) is 0. The van der Waals surface area contributed by atoms with Gasteiger partial charge in [-0.25, -0.2) is 13.1 Å².